The maximum Gasteiger partial charge on any atom is 0.195 e. The van der Waals surface area contributed by atoms with Crippen LogP contribution in [0.4, 0.5) is 13.2 Å². The Kier molecular flexibility index (Phi) is 5.54. The number of hydrogen-bond donors (Lipinski definition) is 1. The minimum atomic E-state index is -1.61. The Bertz CT molecular complexity index is 460. The van der Waals surface area contributed by atoms with E-state index < -0.39 is 28.8 Å². The van der Waals surface area contributed by atoms with E-state index in [-0.39, 0.29) is 12.3 Å². The fourth-order valence-electron chi connectivity index (χ4n) is 2.04. The lowest BCUT2D eigenvalue weighted by Crippen LogP contribution is -2.20. The maximum absolute atomic E-state index is 13.5. The van der Waals surface area contributed by atoms with Crippen LogP contribution in [-0.2, 0) is 0 Å². The van der Waals surface area contributed by atoms with Gasteiger partial charge in [-0.3, -0.25) is 4.79 Å². The highest BCUT2D eigenvalue weighted by atomic mass is 19.2. The molecule has 106 valence electrons. The van der Waals surface area contributed by atoms with E-state index in [0.717, 1.165) is 18.6 Å². The molecule has 0 aliphatic carbocycles. The van der Waals surface area contributed by atoms with Gasteiger partial charge in [-0.05, 0) is 36.9 Å². The van der Waals surface area contributed by atoms with Crippen LogP contribution in [-0.4, -0.2) is 12.3 Å². The summed E-state index contributed by atoms with van der Waals surface area (Å²) in [7, 11) is 0. The highest BCUT2D eigenvalue weighted by Crippen LogP contribution is 2.21. The molecule has 0 fully saturated rings. The van der Waals surface area contributed by atoms with Gasteiger partial charge < -0.3 is 5.73 Å². The number of hydrogen-bond acceptors (Lipinski definition) is 2. The Balaban J connectivity index is 2.86. The van der Waals surface area contributed by atoms with Crippen LogP contribution in [0.1, 0.15) is 37.0 Å². The summed E-state index contributed by atoms with van der Waals surface area (Å²) in [6.45, 7) is 4.28. The first-order valence-electron chi connectivity index (χ1n) is 6.23. The molecular formula is C14H18F3NO. The number of ketones is 1. The van der Waals surface area contributed by atoms with Crippen molar-refractivity contribution in [2.45, 2.75) is 26.7 Å². The molecule has 0 spiro atoms. The Labute approximate surface area is 110 Å². The molecule has 2 N–H and O–H groups in total. The molecule has 1 aromatic carbocycles. The largest absolute Gasteiger partial charge is 0.330 e. The standard InChI is InChI=1S/C14H18F3NO/c1-8(2)5-9(7-18)6-12(19)10-3-4-11(15)14(17)13(10)16/h3-4,8-9H,5-7,18H2,1-2H3. The number of halogens is 3. The zero-order valence-corrected chi connectivity index (χ0v) is 11.1. The molecule has 0 aromatic heterocycles. The van der Waals surface area contributed by atoms with Crippen LogP contribution in [0.2, 0.25) is 0 Å². The predicted molar refractivity (Wildman–Crippen MR) is 67.3 cm³/mol. The third-order valence-electron chi connectivity index (χ3n) is 2.95. The third kappa shape index (κ3) is 4.06. The molecule has 0 bridgehead atoms. The number of Topliss-reactive ketones (excluding diaryl/α,β-unsaturated/α-hetero) is 1. The topological polar surface area (TPSA) is 43.1 Å². The molecule has 19 heavy (non-hydrogen) atoms. The molecule has 2 nitrogen and oxygen atoms in total. The summed E-state index contributed by atoms with van der Waals surface area (Å²) in [4.78, 5) is 11.9. The molecule has 0 heterocycles. The molecule has 0 aliphatic heterocycles. The highest BCUT2D eigenvalue weighted by molar-refractivity contribution is 5.96. The molecule has 1 rings (SSSR count). The smallest absolute Gasteiger partial charge is 0.195 e. The molecule has 0 aliphatic rings. The van der Waals surface area contributed by atoms with Gasteiger partial charge in [0.05, 0.1) is 5.56 Å². The summed E-state index contributed by atoms with van der Waals surface area (Å²) in [5.74, 6) is -4.61. The molecule has 1 unspecified atom stereocenters. The van der Waals surface area contributed by atoms with Crippen molar-refractivity contribution < 1.29 is 18.0 Å². The van der Waals surface area contributed by atoms with Gasteiger partial charge in [0.25, 0.3) is 0 Å². The van der Waals surface area contributed by atoms with E-state index in [1.165, 1.54) is 0 Å². The second-order valence-electron chi connectivity index (χ2n) is 5.08. The summed E-state index contributed by atoms with van der Waals surface area (Å²) >= 11 is 0. The normalized spacial score (nSPS) is 12.8. The van der Waals surface area contributed by atoms with Crippen molar-refractivity contribution in [2.24, 2.45) is 17.6 Å². The van der Waals surface area contributed by atoms with Crippen LogP contribution in [0.5, 0.6) is 0 Å². The fraction of sp³-hybridized carbons (Fsp3) is 0.500. The van der Waals surface area contributed by atoms with E-state index in [1.54, 1.807) is 0 Å². The Hall–Kier alpha value is -1.36. The number of benzene rings is 1. The predicted octanol–water partition coefficient (Wildman–Crippen LogP) is 3.30. The molecule has 1 aromatic rings. The van der Waals surface area contributed by atoms with Crippen LogP contribution in [0.15, 0.2) is 12.1 Å². The van der Waals surface area contributed by atoms with Crippen molar-refractivity contribution in [2.75, 3.05) is 6.54 Å². The van der Waals surface area contributed by atoms with Crippen molar-refractivity contribution in [1.29, 1.82) is 0 Å². The van der Waals surface area contributed by atoms with Gasteiger partial charge in [0, 0.05) is 6.42 Å². The van der Waals surface area contributed by atoms with Gasteiger partial charge >= 0.3 is 0 Å². The SMILES string of the molecule is CC(C)CC(CN)CC(=O)c1ccc(F)c(F)c1F. The van der Waals surface area contributed by atoms with Gasteiger partial charge in [0.15, 0.2) is 23.2 Å². The number of carbonyl (C=O) groups is 1. The second kappa shape index (κ2) is 6.70. The summed E-state index contributed by atoms with van der Waals surface area (Å²) in [6, 6.07) is 1.73. The summed E-state index contributed by atoms with van der Waals surface area (Å²) in [5.41, 5.74) is 5.14. The van der Waals surface area contributed by atoms with Gasteiger partial charge in [0.1, 0.15) is 0 Å². The van der Waals surface area contributed by atoms with Crippen molar-refractivity contribution in [3.8, 4) is 0 Å². The zero-order valence-electron chi connectivity index (χ0n) is 11.1. The lowest BCUT2D eigenvalue weighted by molar-refractivity contribution is 0.0952. The van der Waals surface area contributed by atoms with Gasteiger partial charge in [-0.15, -0.1) is 0 Å². The Morgan fingerprint density at radius 1 is 1.21 bits per heavy atom. The van der Waals surface area contributed by atoms with E-state index in [1.807, 2.05) is 13.8 Å². The summed E-state index contributed by atoms with van der Waals surface area (Å²) < 4.78 is 39.3. The first-order valence-corrected chi connectivity index (χ1v) is 6.23. The number of nitrogens with two attached hydrogens (primary N) is 1. The van der Waals surface area contributed by atoms with E-state index in [4.69, 9.17) is 5.73 Å². The van der Waals surface area contributed by atoms with Gasteiger partial charge in [-0.25, -0.2) is 13.2 Å². The molecule has 1 atom stereocenters. The van der Waals surface area contributed by atoms with Crippen molar-refractivity contribution >= 4 is 5.78 Å². The minimum absolute atomic E-state index is 0.0384. The lowest BCUT2D eigenvalue weighted by Gasteiger charge is -2.16. The second-order valence-corrected chi connectivity index (χ2v) is 5.08. The van der Waals surface area contributed by atoms with Gasteiger partial charge in [-0.1, -0.05) is 13.8 Å². The maximum atomic E-state index is 13.5. The lowest BCUT2D eigenvalue weighted by atomic mass is 9.90. The Morgan fingerprint density at radius 2 is 1.84 bits per heavy atom. The van der Waals surface area contributed by atoms with Crippen molar-refractivity contribution in [1.82, 2.24) is 0 Å². The van der Waals surface area contributed by atoms with Crippen LogP contribution >= 0.6 is 0 Å². The first kappa shape index (κ1) is 15.7. The molecule has 0 radical (unpaired) electrons. The van der Waals surface area contributed by atoms with E-state index in [2.05, 4.69) is 0 Å². The molecule has 0 saturated carbocycles. The van der Waals surface area contributed by atoms with Gasteiger partial charge in [-0.2, -0.15) is 0 Å². The van der Waals surface area contributed by atoms with E-state index in [9.17, 15) is 18.0 Å². The quantitative estimate of drug-likeness (QED) is 0.638. The van der Waals surface area contributed by atoms with Crippen LogP contribution in [0.3, 0.4) is 0 Å². The Morgan fingerprint density at radius 3 is 2.37 bits per heavy atom. The van der Waals surface area contributed by atoms with Crippen molar-refractivity contribution in [3.63, 3.8) is 0 Å². The first-order chi connectivity index (χ1) is 8.86. The zero-order chi connectivity index (χ0) is 14.6. The van der Waals surface area contributed by atoms with E-state index >= 15 is 0 Å². The van der Waals surface area contributed by atoms with E-state index in [0.29, 0.717) is 12.5 Å². The summed E-state index contributed by atoms with van der Waals surface area (Å²) in [5, 5.41) is 0. The highest BCUT2D eigenvalue weighted by Gasteiger charge is 2.21. The molecule has 5 heteroatoms. The molecule has 0 saturated heterocycles. The van der Waals surface area contributed by atoms with Crippen LogP contribution in [0.25, 0.3) is 0 Å². The third-order valence-corrected chi connectivity index (χ3v) is 2.95. The molecular weight excluding hydrogens is 255 g/mol. The monoisotopic (exact) mass is 273 g/mol. The number of rotatable bonds is 6. The number of carbonyl (C=O) groups excluding carboxylic acids is 1. The van der Waals surface area contributed by atoms with Crippen LogP contribution < -0.4 is 5.73 Å². The fourth-order valence-corrected chi connectivity index (χ4v) is 2.04. The average Bonchev–Trinajstić information content (AvgIpc) is 2.34. The van der Waals surface area contributed by atoms with Crippen molar-refractivity contribution in [3.05, 3.63) is 35.1 Å². The minimum Gasteiger partial charge on any atom is -0.330 e. The average molecular weight is 273 g/mol. The summed E-state index contributed by atoms with van der Waals surface area (Å²) in [6.07, 6.45) is 0.768. The molecule has 0 amide bonds. The van der Waals surface area contributed by atoms with Gasteiger partial charge in [0.2, 0.25) is 0 Å². The van der Waals surface area contributed by atoms with Crippen LogP contribution in [0, 0.1) is 29.3 Å².